The molecule has 3 nitrogen and oxygen atoms in total. The average Bonchev–Trinajstić information content (AvgIpc) is 2.34. The molecule has 0 aromatic carbocycles. The van der Waals surface area contributed by atoms with Gasteiger partial charge in [-0.25, -0.2) is 4.98 Å². The molecule has 0 saturated carbocycles. The smallest absolute Gasteiger partial charge is 0.129 e. The summed E-state index contributed by atoms with van der Waals surface area (Å²) in [5.74, 6) is 1.85. The summed E-state index contributed by atoms with van der Waals surface area (Å²) in [6, 6.07) is 4.05. The van der Waals surface area contributed by atoms with Crippen molar-refractivity contribution in [2.45, 2.75) is 44.3 Å². The lowest BCUT2D eigenvalue weighted by Crippen LogP contribution is -2.15. The second-order valence-corrected chi connectivity index (χ2v) is 5.56. The highest BCUT2D eigenvalue weighted by Gasteiger charge is 2.10. The van der Waals surface area contributed by atoms with Gasteiger partial charge >= 0.3 is 0 Å². The van der Waals surface area contributed by atoms with Crippen molar-refractivity contribution in [3.8, 4) is 0 Å². The van der Waals surface area contributed by atoms with Gasteiger partial charge in [0.05, 0.1) is 6.10 Å². The molecular weight excluding hydrogens is 232 g/mol. The standard InChI is InChI=1S/C13H22N2OS/c1-4-7-14-13-12(6-5-8-15-13)9-17-11(3)10(2)16/h5-6,8,10-11,16H,4,7,9H2,1-3H3,(H,14,15). The minimum absolute atomic E-state index is 0.245. The van der Waals surface area contributed by atoms with E-state index in [4.69, 9.17) is 0 Å². The van der Waals surface area contributed by atoms with E-state index in [0.29, 0.717) is 0 Å². The van der Waals surface area contributed by atoms with E-state index in [2.05, 4.69) is 23.3 Å². The summed E-state index contributed by atoms with van der Waals surface area (Å²) in [5.41, 5.74) is 1.21. The second kappa shape index (κ2) is 7.56. The second-order valence-electron chi connectivity index (χ2n) is 4.19. The van der Waals surface area contributed by atoms with Gasteiger partial charge in [-0.05, 0) is 19.4 Å². The van der Waals surface area contributed by atoms with Gasteiger partial charge in [0.25, 0.3) is 0 Å². The van der Waals surface area contributed by atoms with E-state index in [-0.39, 0.29) is 11.4 Å². The number of rotatable bonds is 7. The SMILES string of the molecule is CCCNc1ncccc1CSC(C)C(C)O. The van der Waals surface area contributed by atoms with Gasteiger partial charge in [0.15, 0.2) is 0 Å². The van der Waals surface area contributed by atoms with Crippen LogP contribution in [0.3, 0.4) is 0 Å². The summed E-state index contributed by atoms with van der Waals surface area (Å²) in [6.07, 6.45) is 2.63. The van der Waals surface area contributed by atoms with E-state index >= 15 is 0 Å². The minimum Gasteiger partial charge on any atom is -0.392 e. The topological polar surface area (TPSA) is 45.2 Å². The van der Waals surface area contributed by atoms with E-state index in [1.807, 2.05) is 26.1 Å². The van der Waals surface area contributed by atoms with Crippen LogP contribution in [0.25, 0.3) is 0 Å². The summed E-state index contributed by atoms with van der Waals surface area (Å²) in [4.78, 5) is 4.35. The van der Waals surface area contributed by atoms with Gasteiger partial charge in [0.2, 0.25) is 0 Å². The fraction of sp³-hybridized carbons (Fsp3) is 0.615. The van der Waals surface area contributed by atoms with Gasteiger partial charge in [-0.15, -0.1) is 0 Å². The fourth-order valence-electron chi connectivity index (χ4n) is 1.32. The highest BCUT2D eigenvalue weighted by Crippen LogP contribution is 2.23. The molecule has 1 aromatic heterocycles. The van der Waals surface area contributed by atoms with E-state index in [9.17, 15) is 5.11 Å². The molecule has 0 saturated heterocycles. The molecule has 1 heterocycles. The molecule has 0 radical (unpaired) electrons. The molecule has 0 aliphatic rings. The van der Waals surface area contributed by atoms with E-state index < -0.39 is 0 Å². The lowest BCUT2D eigenvalue weighted by atomic mass is 10.3. The Morgan fingerprint density at radius 2 is 2.24 bits per heavy atom. The van der Waals surface area contributed by atoms with Crippen LogP contribution in [-0.2, 0) is 5.75 Å². The molecule has 2 atom stereocenters. The van der Waals surface area contributed by atoms with E-state index in [1.54, 1.807) is 11.8 Å². The number of thioether (sulfide) groups is 1. The molecule has 0 spiro atoms. The fourth-order valence-corrected chi connectivity index (χ4v) is 2.27. The zero-order valence-electron chi connectivity index (χ0n) is 10.8. The first-order chi connectivity index (χ1) is 8.15. The molecule has 0 fully saturated rings. The van der Waals surface area contributed by atoms with Crippen molar-refractivity contribution in [3.05, 3.63) is 23.9 Å². The van der Waals surface area contributed by atoms with Gasteiger partial charge in [-0.2, -0.15) is 11.8 Å². The molecule has 0 amide bonds. The number of aliphatic hydroxyl groups excluding tert-OH is 1. The summed E-state index contributed by atoms with van der Waals surface area (Å²) in [7, 11) is 0. The third-order valence-electron chi connectivity index (χ3n) is 2.61. The maximum Gasteiger partial charge on any atom is 0.129 e. The highest BCUT2D eigenvalue weighted by molar-refractivity contribution is 7.99. The van der Waals surface area contributed by atoms with Crippen molar-refractivity contribution in [2.75, 3.05) is 11.9 Å². The maximum absolute atomic E-state index is 9.46. The van der Waals surface area contributed by atoms with Gasteiger partial charge in [0, 0.05) is 29.3 Å². The summed E-state index contributed by atoms with van der Waals surface area (Å²) in [5, 5.41) is 13.0. The minimum atomic E-state index is -0.274. The number of nitrogens with one attached hydrogen (secondary N) is 1. The average molecular weight is 254 g/mol. The monoisotopic (exact) mass is 254 g/mol. The zero-order chi connectivity index (χ0) is 12.7. The first-order valence-electron chi connectivity index (χ1n) is 6.12. The van der Waals surface area contributed by atoms with Crippen LogP contribution in [-0.4, -0.2) is 28.0 Å². The molecule has 1 rings (SSSR count). The molecule has 0 aliphatic heterocycles. The Labute approximate surface area is 108 Å². The molecule has 17 heavy (non-hydrogen) atoms. The summed E-state index contributed by atoms with van der Waals surface area (Å²) in [6.45, 7) is 6.96. The molecule has 96 valence electrons. The van der Waals surface area contributed by atoms with Gasteiger partial charge in [-0.1, -0.05) is 19.9 Å². The molecular formula is C13H22N2OS. The Bertz CT molecular complexity index is 331. The van der Waals surface area contributed by atoms with Crippen LogP contribution in [0.15, 0.2) is 18.3 Å². The third kappa shape index (κ3) is 4.96. The predicted molar refractivity (Wildman–Crippen MR) is 75.5 cm³/mol. The number of nitrogens with zero attached hydrogens (tertiary/aromatic N) is 1. The number of aliphatic hydroxyl groups is 1. The maximum atomic E-state index is 9.46. The predicted octanol–water partition coefficient (Wildman–Crippen LogP) is 2.91. The lowest BCUT2D eigenvalue weighted by Gasteiger charge is -2.15. The molecule has 2 N–H and O–H groups in total. The zero-order valence-corrected chi connectivity index (χ0v) is 11.6. The van der Waals surface area contributed by atoms with Gasteiger partial charge in [-0.3, -0.25) is 0 Å². The highest BCUT2D eigenvalue weighted by atomic mass is 32.2. The molecule has 1 aromatic rings. The quantitative estimate of drug-likeness (QED) is 0.785. The Kier molecular flexibility index (Phi) is 6.37. The van der Waals surface area contributed by atoms with Crippen molar-refractivity contribution < 1.29 is 5.11 Å². The first kappa shape index (κ1) is 14.3. The lowest BCUT2D eigenvalue weighted by molar-refractivity contribution is 0.196. The largest absolute Gasteiger partial charge is 0.392 e. The summed E-state index contributed by atoms with van der Waals surface area (Å²) >= 11 is 1.76. The van der Waals surface area contributed by atoms with Crippen molar-refractivity contribution in [2.24, 2.45) is 0 Å². The van der Waals surface area contributed by atoms with Crippen LogP contribution in [0, 0.1) is 0 Å². The molecule has 4 heteroatoms. The Morgan fingerprint density at radius 3 is 2.88 bits per heavy atom. The van der Waals surface area contributed by atoms with Gasteiger partial charge < -0.3 is 10.4 Å². The third-order valence-corrected chi connectivity index (χ3v) is 4.01. The van der Waals surface area contributed by atoms with Crippen LogP contribution in [0.4, 0.5) is 5.82 Å². The van der Waals surface area contributed by atoms with Crippen LogP contribution in [0.2, 0.25) is 0 Å². The Balaban J connectivity index is 2.57. The van der Waals surface area contributed by atoms with Crippen molar-refractivity contribution in [1.82, 2.24) is 4.98 Å². The number of hydrogen-bond acceptors (Lipinski definition) is 4. The summed E-state index contributed by atoms with van der Waals surface area (Å²) < 4.78 is 0. The van der Waals surface area contributed by atoms with Crippen molar-refractivity contribution in [3.63, 3.8) is 0 Å². The molecule has 0 bridgehead atoms. The molecule has 0 aliphatic carbocycles. The van der Waals surface area contributed by atoms with Crippen LogP contribution < -0.4 is 5.32 Å². The van der Waals surface area contributed by atoms with Gasteiger partial charge in [0.1, 0.15) is 5.82 Å². The van der Waals surface area contributed by atoms with Crippen LogP contribution in [0.5, 0.6) is 0 Å². The number of aromatic nitrogens is 1. The van der Waals surface area contributed by atoms with E-state index in [0.717, 1.165) is 24.5 Å². The Hall–Kier alpha value is -0.740. The van der Waals surface area contributed by atoms with E-state index in [1.165, 1.54) is 5.56 Å². The van der Waals surface area contributed by atoms with Crippen molar-refractivity contribution >= 4 is 17.6 Å². The number of anilines is 1. The normalized spacial score (nSPS) is 14.4. The first-order valence-corrected chi connectivity index (χ1v) is 7.17. The van der Waals surface area contributed by atoms with Crippen molar-refractivity contribution in [1.29, 1.82) is 0 Å². The Morgan fingerprint density at radius 1 is 1.47 bits per heavy atom. The molecule has 2 unspecified atom stereocenters. The number of pyridine rings is 1. The number of hydrogen-bond donors (Lipinski definition) is 2. The van der Waals surface area contributed by atoms with Crippen LogP contribution >= 0.6 is 11.8 Å². The van der Waals surface area contributed by atoms with Crippen LogP contribution in [0.1, 0.15) is 32.8 Å².